The van der Waals surface area contributed by atoms with Crippen molar-refractivity contribution in [1.29, 1.82) is 0 Å². The molecular weight excluding hydrogens is 390 g/mol. The van der Waals surface area contributed by atoms with E-state index in [4.69, 9.17) is 19.4 Å². The van der Waals surface area contributed by atoms with Crippen LogP contribution in [0.1, 0.15) is 22.6 Å². The fraction of sp³-hybridized carbons (Fsp3) is 0.208. The van der Waals surface area contributed by atoms with Gasteiger partial charge >= 0.3 is 0 Å². The highest BCUT2D eigenvalue weighted by atomic mass is 16.5. The molecule has 0 N–H and O–H groups in total. The molecule has 2 aromatic carbocycles. The minimum Gasteiger partial charge on any atom is -0.497 e. The smallest absolute Gasteiger partial charge is 0.168 e. The highest BCUT2D eigenvalue weighted by Crippen LogP contribution is 2.33. The zero-order valence-electron chi connectivity index (χ0n) is 18.0. The van der Waals surface area contributed by atoms with Crippen molar-refractivity contribution in [3.8, 4) is 17.2 Å². The second kappa shape index (κ2) is 7.43. The lowest BCUT2D eigenvalue weighted by molar-refractivity contribution is 0.413. The molecule has 0 amide bonds. The van der Waals surface area contributed by atoms with Crippen LogP contribution in [-0.4, -0.2) is 38.4 Å². The third kappa shape index (κ3) is 3.09. The summed E-state index contributed by atoms with van der Waals surface area (Å²) in [4.78, 5) is 9.60. The third-order valence-corrected chi connectivity index (χ3v) is 5.72. The normalized spacial score (nSPS) is 11.4. The topological polar surface area (TPSA) is 66.5 Å². The first kappa shape index (κ1) is 19.1. The number of fused-ring (bicyclic) bond motifs is 3. The Hall–Kier alpha value is -3.87. The van der Waals surface area contributed by atoms with Crippen molar-refractivity contribution in [3.05, 3.63) is 77.5 Å². The molecule has 0 unspecified atom stereocenters. The first-order valence-corrected chi connectivity index (χ1v) is 10.1. The summed E-state index contributed by atoms with van der Waals surface area (Å²) < 4.78 is 14.7. The first-order valence-electron chi connectivity index (χ1n) is 10.1. The molecule has 5 rings (SSSR count). The Morgan fingerprint density at radius 3 is 2.42 bits per heavy atom. The average Bonchev–Trinajstić information content (AvgIpc) is 3.32. The van der Waals surface area contributed by atoms with E-state index in [-0.39, 0.29) is 0 Å². The van der Waals surface area contributed by atoms with Crippen molar-refractivity contribution >= 4 is 16.7 Å². The van der Waals surface area contributed by atoms with E-state index in [0.717, 1.165) is 56.5 Å². The van der Waals surface area contributed by atoms with Crippen molar-refractivity contribution in [2.45, 2.75) is 20.3 Å². The quantitative estimate of drug-likeness (QED) is 0.430. The monoisotopic (exact) mass is 413 g/mol. The van der Waals surface area contributed by atoms with Crippen LogP contribution in [0.2, 0.25) is 0 Å². The van der Waals surface area contributed by atoms with Gasteiger partial charge in [0.1, 0.15) is 17.8 Å². The second-order valence-corrected chi connectivity index (χ2v) is 7.48. The molecule has 0 saturated heterocycles. The Morgan fingerprint density at radius 1 is 0.903 bits per heavy atom. The van der Waals surface area contributed by atoms with Crippen LogP contribution in [0.4, 0.5) is 0 Å². The van der Waals surface area contributed by atoms with Crippen LogP contribution in [0.15, 0.2) is 54.9 Å². The van der Waals surface area contributed by atoms with Gasteiger partial charge in [0.25, 0.3) is 0 Å². The summed E-state index contributed by atoms with van der Waals surface area (Å²) in [5, 5.41) is 5.66. The zero-order valence-corrected chi connectivity index (χ0v) is 18.0. The number of hydrogen-bond donors (Lipinski definition) is 0. The highest BCUT2D eigenvalue weighted by Gasteiger charge is 2.20. The van der Waals surface area contributed by atoms with Gasteiger partial charge in [-0.1, -0.05) is 24.3 Å². The molecule has 0 radical (unpaired) electrons. The molecular formula is C24H23N5O2. The predicted molar refractivity (Wildman–Crippen MR) is 119 cm³/mol. The van der Waals surface area contributed by atoms with Crippen molar-refractivity contribution in [2.75, 3.05) is 14.2 Å². The van der Waals surface area contributed by atoms with Crippen molar-refractivity contribution in [2.24, 2.45) is 0 Å². The van der Waals surface area contributed by atoms with Gasteiger partial charge in [-0.25, -0.2) is 14.5 Å². The maximum atomic E-state index is 5.60. The second-order valence-electron chi connectivity index (χ2n) is 7.48. The number of aryl methyl sites for hydroxylation is 1. The number of ether oxygens (including phenoxy) is 2. The molecule has 0 aliphatic heterocycles. The minimum atomic E-state index is 0.637. The Balaban J connectivity index is 1.65. The van der Waals surface area contributed by atoms with E-state index in [1.807, 2.05) is 48.5 Å². The van der Waals surface area contributed by atoms with Gasteiger partial charge in [0.2, 0.25) is 0 Å². The molecule has 0 aliphatic carbocycles. The SMILES string of the molecule is COc1ccc(Cc2nc3c4c(C)c(C)n(-c5ccccc5OC)c4ncn3n2)cc1. The number of hydrogen-bond acceptors (Lipinski definition) is 5. The Morgan fingerprint density at radius 2 is 1.68 bits per heavy atom. The molecule has 7 heteroatoms. The van der Waals surface area contributed by atoms with Crippen LogP contribution in [-0.2, 0) is 6.42 Å². The summed E-state index contributed by atoms with van der Waals surface area (Å²) in [6.45, 7) is 4.19. The van der Waals surface area contributed by atoms with Gasteiger partial charge in [-0.05, 0) is 49.2 Å². The van der Waals surface area contributed by atoms with Crippen LogP contribution in [0, 0.1) is 13.8 Å². The van der Waals surface area contributed by atoms with Crippen molar-refractivity contribution in [1.82, 2.24) is 24.1 Å². The molecule has 5 aromatic rings. The molecule has 3 heterocycles. The first-order chi connectivity index (χ1) is 15.1. The lowest BCUT2D eigenvalue weighted by Gasteiger charge is -2.12. The number of rotatable bonds is 5. The van der Waals surface area contributed by atoms with Crippen LogP contribution in [0.3, 0.4) is 0 Å². The number of methoxy groups -OCH3 is 2. The minimum absolute atomic E-state index is 0.637. The van der Waals surface area contributed by atoms with E-state index >= 15 is 0 Å². The Kier molecular flexibility index (Phi) is 4.58. The number of benzene rings is 2. The van der Waals surface area contributed by atoms with E-state index in [0.29, 0.717) is 6.42 Å². The summed E-state index contributed by atoms with van der Waals surface area (Å²) in [6.07, 6.45) is 2.37. The van der Waals surface area contributed by atoms with Gasteiger partial charge in [-0.3, -0.25) is 4.57 Å². The maximum absolute atomic E-state index is 5.60. The lowest BCUT2D eigenvalue weighted by Crippen LogP contribution is -2.01. The Bertz CT molecular complexity index is 1400. The molecule has 0 fully saturated rings. The van der Waals surface area contributed by atoms with Gasteiger partial charge in [0, 0.05) is 12.1 Å². The Labute approximate surface area is 179 Å². The summed E-state index contributed by atoms with van der Waals surface area (Å²) in [6, 6.07) is 15.9. The van der Waals surface area contributed by atoms with Gasteiger partial charge in [0.05, 0.1) is 25.3 Å². The van der Waals surface area contributed by atoms with Gasteiger partial charge in [-0.15, -0.1) is 5.10 Å². The van der Waals surface area contributed by atoms with Crippen LogP contribution in [0.25, 0.3) is 22.4 Å². The summed E-state index contributed by atoms with van der Waals surface area (Å²) in [7, 11) is 3.35. The van der Waals surface area contributed by atoms with Crippen LogP contribution in [0.5, 0.6) is 11.5 Å². The average molecular weight is 413 g/mol. The van der Waals surface area contributed by atoms with E-state index in [2.05, 4.69) is 23.5 Å². The highest BCUT2D eigenvalue weighted by molar-refractivity contribution is 5.95. The zero-order chi connectivity index (χ0) is 21.5. The van der Waals surface area contributed by atoms with Gasteiger partial charge in [0.15, 0.2) is 17.1 Å². The molecule has 3 aromatic heterocycles. The summed E-state index contributed by atoms with van der Waals surface area (Å²) in [5.41, 5.74) is 5.95. The number of para-hydroxylation sites is 2. The standard InChI is InChI=1S/C24H23N5O2/c1-15-16(2)29(19-7-5-6-8-20(19)31-4)23-22(15)24-26-21(27-28(24)14-25-23)13-17-9-11-18(30-3)12-10-17/h5-12,14H,13H2,1-4H3. The lowest BCUT2D eigenvalue weighted by atomic mass is 10.1. The summed E-state index contributed by atoms with van der Waals surface area (Å²) in [5.74, 6) is 2.38. The van der Waals surface area contributed by atoms with Crippen LogP contribution < -0.4 is 9.47 Å². The number of aromatic nitrogens is 5. The predicted octanol–water partition coefficient (Wildman–Crippen LogP) is 4.29. The molecule has 0 atom stereocenters. The fourth-order valence-corrected chi connectivity index (χ4v) is 4.01. The van der Waals surface area contributed by atoms with Crippen molar-refractivity contribution in [3.63, 3.8) is 0 Å². The van der Waals surface area contributed by atoms with E-state index in [1.54, 1.807) is 25.1 Å². The largest absolute Gasteiger partial charge is 0.497 e. The van der Waals surface area contributed by atoms with E-state index < -0.39 is 0 Å². The van der Waals surface area contributed by atoms with Crippen LogP contribution >= 0.6 is 0 Å². The number of nitrogens with zero attached hydrogens (tertiary/aromatic N) is 5. The molecule has 156 valence electrons. The molecule has 31 heavy (non-hydrogen) atoms. The summed E-state index contributed by atoms with van der Waals surface area (Å²) >= 11 is 0. The van der Waals surface area contributed by atoms with E-state index in [1.165, 1.54) is 0 Å². The van der Waals surface area contributed by atoms with Gasteiger partial charge in [-0.2, -0.15) is 0 Å². The third-order valence-electron chi connectivity index (χ3n) is 5.72. The molecule has 0 aliphatic rings. The molecule has 7 nitrogen and oxygen atoms in total. The fourth-order valence-electron chi connectivity index (χ4n) is 4.01. The molecule has 0 spiro atoms. The molecule has 0 saturated carbocycles. The maximum Gasteiger partial charge on any atom is 0.168 e. The molecule has 0 bridgehead atoms. The van der Waals surface area contributed by atoms with Gasteiger partial charge < -0.3 is 9.47 Å². The van der Waals surface area contributed by atoms with Crippen molar-refractivity contribution < 1.29 is 9.47 Å². The van der Waals surface area contributed by atoms with E-state index in [9.17, 15) is 0 Å².